The fourth-order valence-electron chi connectivity index (χ4n) is 1.27. The van der Waals surface area contributed by atoms with Crippen LogP contribution in [0.5, 0.6) is 17.2 Å². The Balaban J connectivity index is 3.49. The van der Waals surface area contributed by atoms with Gasteiger partial charge in [0, 0.05) is 24.3 Å². The molecular formula is C12H10I2O6. The smallest absolute Gasteiger partial charge is 0.308 e. The number of benzene rings is 1. The molecule has 0 aliphatic heterocycles. The second kappa shape index (κ2) is 7.20. The summed E-state index contributed by atoms with van der Waals surface area (Å²) in [5, 5.41) is 0. The fourth-order valence-corrected chi connectivity index (χ4v) is 2.31. The first-order chi connectivity index (χ1) is 9.22. The maximum absolute atomic E-state index is 11.2. The van der Waals surface area contributed by atoms with Crippen molar-refractivity contribution in [2.45, 2.75) is 20.8 Å². The zero-order valence-corrected chi connectivity index (χ0v) is 15.1. The lowest BCUT2D eigenvalue weighted by molar-refractivity contribution is -0.135. The van der Waals surface area contributed by atoms with Crippen LogP contribution in [0.4, 0.5) is 0 Å². The Bertz CT molecular complexity index is 582. The van der Waals surface area contributed by atoms with Gasteiger partial charge in [0.25, 0.3) is 0 Å². The van der Waals surface area contributed by atoms with Crippen molar-refractivity contribution in [3.05, 3.63) is 13.2 Å². The molecule has 1 rings (SSSR count). The summed E-state index contributed by atoms with van der Waals surface area (Å²) in [5.74, 6) is -1.79. The number of hydrogen-bond acceptors (Lipinski definition) is 6. The highest BCUT2D eigenvalue weighted by Gasteiger charge is 2.23. The van der Waals surface area contributed by atoms with Crippen molar-refractivity contribution in [2.75, 3.05) is 0 Å². The van der Waals surface area contributed by atoms with Gasteiger partial charge < -0.3 is 14.2 Å². The van der Waals surface area contributed by atoms with E-state index in [0.29, 0.717) is 7.14 Å². The van der Waals surface area contributed by atoms with Gasteiger partial charge >= 0.3 is 17.9 Å². The van der Waals surface area contributed by atoms with Crippen LogP contribution in [0.25, 0.3) is 0 Å². The lowest BCUT2D eigenvalue weighted by Crippen LogP contribution is -2.12. The third kappa shape index (κ3) is 4.58. The first-order valence-corrected chi connectivity index (χ1v) is 7.45. The van der Waals surface area contributed by atoms with Crippen LogP contribution in [0, 0.1) is 7.14 Å². The number of carbonyl (C=O) groups is 3. The number of rotatable bonds is 3. The third-order valence-electron chi connectivity index (χ3n) is 1.84. The molecule has 8 heteroatoms. The van der Waals surface area contributed by atoms with Crippen molar-refractivity contribution in [1.82, 2.24) is 0 Å². The van der Waals surface area contributed by atoms with Gasteiger partial charge in [-0.1, -0.05) is 0 Å². The number of esters is 3. The molecule has 0 atom stereocenters. The Hall–Kier alpha value is -0.910. The average Bonchev–Trinajstić information content (AvgIpc) is 2.28. The summed E-state index contributed by atoms with van der Waals surface area (Å²) < 4.78 is 16.3. The molecule has 1 aromatic carbocycles. The van der Waals surface area contributed by atoms with E-state index in [2.05, 4.69) is 0 Å². The Morgan fingerprint density at radius 3 is 1.75 bits per heavy atom. The quantitative estimate of drug-likeness (QED) is 0.358. The largest absolute Gasteiger partial charge is 0.423 e. The molecular weight excluding hydrogens is 494 g/mol. The molecule has 0 spiro atoms. The molecule has 0 heterocycles. The SMILES string of the molecule is CC(=O)Oc1cc(I)c(I)c(OC(C)=O)c1OC(C)=O. The predicted molar refractivity (Wildman–Crippen MR) is 85.8 cm³/mol. The highest BCUT2D eigenvalue weighted by atomic mass is 127. The first-order valence-electron chi connectivity index (χ1n) is 5.29. The summed E-state index contributed by atoms with van der Waals surface area (Å²) in [4.78, 5) is 33.5. The van der Waals surface area contributed by atoms with Gasteiger partial charge in [0.05, 0.1) is 3.57 Å². The first kappa shape index (κ1) is 17.1. The number of hydrogen-bond donors (Lipinski definition) is 0. The topological polar surface area (TPSA) is 78.9 Å². The number of ether oxygens (including phenoxy) is 3. The van der Waals surface area contributed by atoms with Gasteiger partial charge in [0.2, 0.25) is 5.75 Å². The Morgan fingerprint density at radius 2 is 1.30 bits per heavy atom. The summed E-state index contributed by atoms with van der Waals surface area (Å²) in [7, 11) is 0. The molecule has 0 unspecified atom stereocenters. The van der Waals surface area contributed by atoms with E-state index < -0.39 is 17.9 Å². The van der Waals surface area contributed by atoms with Crippen molar-refractivity contribution < 1.29 is 28.6 Å². The van der Waals surface area contributed by atoms with Crippen LogP contribution < -0.4 is 14.2 Å². The van der Waals surface area contributed by atoms with E-state index in [4.69, 9.17) is 14.2 Å². The summed E-state index contributed by atoms with van der Waals surface area (Å²) in [6.07, 6.45) is 0. The van der Waals surface area contributed by atoms with Crippen LogP contribution in [0.15, 0.2) is 6.07 Å². The van der Waals surface area contributed by atoms with Crippen LogP contribution >= 0.6 is 45.2 Å². The van der Waals surface area contributed by atoms with Gasteiger partial charge in [-0.05, 0) is 51.2 Å². The fraction of sp³-hybridized carbons (Fsp3) is 0.250. The standard InChI is InChI=1S/C12H10I2O6/c1-5(15)18-9-4-8(13)10(14)12(20-7(3)17)11(9)19-6(2)16/h4H,1-3H3. The average molecular weight is 504 g/mol. The molecule has 108 valence electrons. The molecule has 0 aliphatic carbocycles. The van der Waals surface area contributed by atoms with E-state index in [1.807, 2.05) is 45.2 Å². The van der Waals surface area contributed by atoms with Gasteiger partial charge in [-0.3, -0.25) is 14.4 Å². The van der Waals surface area contributed by atoms with E-state index >= 15 is 0 Å². The lowest BCUT2D eigenvalue weighted by atomic mass is 10.3. The predicted octanol–water partition coefficient (Wildman–Crippen LogP) is 2.67. The second-order valence-corrected chi connectivity index (χ2v) is 5.85. The number of halogens is 2. The van der Waals surface area contributed by atoms with Crippen LogP contribution in [0.1, 0.15) is 20.8 Å². The highest BCUT2D eigenvalue weighted by molar-refractivity contribution is 14.1. The highest BCUT2D eigenvalue weighted by Crippen LogP contribution is 2.43. The Labute approximate surface area is 142 Å². The van der Waals surface area contributed by atoms with Crippen LogP contribution in [-0.2, 0) is 14.4 Å². The Morgan fingerprint density at radius 1 is 0.850 bits per heavy atom. The second-order valence-electron chi connectivity index (χ2n) is 3.61. The van der Waals surface area contributed by atoms with Gasteiger partial charge in [-0.25, -0.2) is 0 Å². The molecule has 0 saturated carbocycles. The van der Waals surface area contributed by atoms with Gasteiger partial charge in [-0.2, -0.15) is 0 Å². The summed E-state index contributed by atoms with van der Waals surface area (Å²) >= 11 is 3.93. The van der Waals surface area contributed by atoms with Crippen molar-refractivity contribution in [2.24, 2.45) is 0 Å². The Kier molecular flexibility index (Phi) is 6.17. The molecule has 0 fully saturated rings. The molecule has 0 aromatic heterocycles. The molecule has 0 saturated heterocycles. The summed E-state index contributed by atoms with van der Waals surface area (Å²) in [6, 6.07) is 1.52. The molecule has 0 N–H and O–H groups in total. The van der Waals surface area contributed by atoms with Crippen LogP contribution in [-0.4, -0.2) is 17.9 Å². The van der Waals surface area contributed by atoms with Crippen molar-refractivity contribution >= 4 is 63.1 Å². The zero-order chi connectivity index (χ0) is 15.4. The summed E-state index contributed by atoms with van der Waals surface area (Å²) in [5.41, 5.74) is 0. The molecule has 1 aromatic rings. The van der Waals surface area contributed by atoms with Gasteiger partial charge in [0.15, 0.2) is 11.5 Å². The van der Waals surface area contributed by atoms with Crippen molar-refractivity contribution in [3.8, 4) is 17.2 Å². The third-order valence-corrected chi connectivity index (χ3v) is 4.80. The van der Waals surface area contributed by atoms with E-state index in [1.54, 1.807) is 0 Å². The minimum absolute atomic E-state index is 0.0220. The van der Waals surface area contributed by atoms with Gasteiger partial charge in [0.1, 0.15) is 0 Å². The normalized spacial score (nSPS) is 9.85. The zero-order valence-electron chi connectivity index (χ0n) is 10.8. The monoisotopic (exact) mass is 504 g/mol. The molecule has 0 radical (unpaired) electrons. The van der Waals surface area contributed by atoms with E-state index in [0.717, 1.165) is 0 Å². The minimum atomic E-state index is -0.621. The molecule has 0 aliphatic rings. The maximum atomic E-state index is 11.2. The molecule has 20 heavy (non-hydrogen) atoms. The summed E-state index contributed by atoms with van der Waals surface area (Å²) in [6.45, 7) is 3.63. The number of carbonyl (C=O) groups excluding carboxylic acids is 3. The van der Waals surface area contributed by atoms with Crippen molar-refractivity contribution in [1.29, 1.82) is 0 Å². The van der Waals surface area contributed by atoms with Crippen LogP contribution in [0.2, 0.25) is 0 Å². The van der Waals surface area contributed by atoms with Crippen molar-refractivity contribution in [3.63, 3.8) is 0 Å². The molecule has 0 bridgehead atoms. The van der Waals surface area contributed by atoms with E-state index in [1.165, 1.54) is 26.8 Å². The lowest BCUT2D eigenvalue weighted by Gasteiger charge is -2.15. The molecule has 6 nitrogen and oxygen atoms in total. The van der Waals surface area contributed by atoms with E-state index in [9.17, 15) is 14.4 Å². The maximum Gasteiger partial charge on any atom is 0.308 e. The minimum Gasteiger partial charge on any atom is -0.423 e. The van der Waals surface area contributed by atoms with E-state index in [-0.39, 0.29) is 17.2 Å². The van der Waals surface area contributed by atoms with Crippen LogP contribution in [0.3, 0.4) is 0 Å². The van der Waals surface area contributed by atoms with Gasteiger partial charge in [-0.15, -0.1) is 0 Å². The molecule has 0 amide bonds.